The average molecular weight is 240 g/mol. The van der Waals surface area contributed by atoms with Gasteiger partial charge in [0.05, 0.1) is 12.2 Å². The molecule has 0 unspecified atom stereocenters. The van der Waals surface area contributed by atoms with Crippen LogP contribution in [0.3, 0.4) is 0 Å². The summed E-state index contributed by atoms with van der Waals surface area (Å²) in [4.78, 5) is 16.5. The Bertz CT molecular complexity index is 160. The first kappa shape index (κ1) is 13.1. The van der Waals surface area contributed by atoms with Gasteiger partial charge in [0.1, 0.15) is 0 Å². The van der Waals surface area contributed by atoms with Crippen LogP contribution in [0.5, 0.6) is 0 Å². The monoisotopic (exact) mass is 239 g/mol. The summed E-state index contributed by atoms with van der Waals surface area (Å²) >= 11 is 0. The smallest absolute Gasteiger partial charge is 0.324 e. The normalized spacial score (nSPS) is 9.70. The molecule has 0 aromatic heterocycles. The predicted molar refractivity (Wildman–Crippen MR) is 31.8 cm³/mol. The Morgan fingerprint density at radius 1 is 1.50 bits per heavy atom. The zero-order chi connectivity index (χ0) is 7.33. The molecular formula is C4H8NO3PZr. The van der Waals surface area contributed by atoms with Crippen molar-refractivity contribution >= 4 is 7.60 Å². The molecule has 0 saturated carbocycles. The van der Waals surface area contributed by atoms with Gasteiger partial charge in [-0.05, 0) is 6.42 Å². The maximum atomic E-state index is 10.1. The van der Waals surface area contributed by atoms with Crippen molar-refractivity contribution in [2.45, 2.75) is 12.8 Å². The van der Waals surface area contributed by atoms with Crippen molar-refractivity contribution in [2.24, 2.45) is 0 Å². The molecule has 0 spiro atoms. The number of nitrogens with zero attached hydrogens (tertiary/aromatic N) is 1. The molecule has 0 atom stereocenters. The maximum absolute atomic E-state index is 10.1. The van der Waals surface area contributed by atoms with Gasteiger partial charge >= 0.3 is 7.60 Å². The minimum atomic E-state index is -3.85. The van der Waals surface area contributed by atoms with Crippen LogP contribution >= 0.6 is 7.60 Å². The van der Waals surface area contributed by atoms with E-state index in [9.17, 15) is 4.57 Å². The van der Waals surface area contributed by atoms with Gasteiger partial charge in [-0.1, -0.05) is 0 Å². The van der Waals surface area contributed by atoms with Gasteiger partial charge in [0.25, 0.3) is 0 Å². The Hall–Kier alpha value is 0.523. The Balaban J connectivity index is 0. The van der Waals surface area contributed by atoms with Gasteiger partial charge in [0.15, 0.2) is 0 Å². The molecular weight excluding hydrogens is 232 g/mol. The Morgan fingerprint density at radius 2 is 2.00 bits per heavy atom. The molecule has 56 valence electrons. The van der Waals surface area contributed by atoms with Crippen molar-refractivity contribution in [3.63, 3.8) is 0 Å². The van der Waals surface area contributed by atoms with Crippen molar-refractivity contribution in [1.82, 2.24) is 0 Å². The summed E-state index contributed by atoms with van der Waals surface area (Å²) in [5.41, 5.74) is 0. The van der Waals surface area contributed by atoms with Crippen molar-refractivity contribution in [3.05, 3.63) is 0 Å². The van der Waals surface area contributed by atoms with Crippen molar-refractivity contribution in [2.75, 3.05) is 6.16 Å². The summed E-state index contributed by atoms with van der Waals surface area (Å²) in [6, 6.07) is 1.80. The third kappa shape index (κ3) is 11.3. The number of hydrogen-bond donors (Lipinski definition) is 2. The standard InChI is InChI=1S/C4H8NO3P.Zr/c5-3-1-2-4-9(6,7)8;/h1-2,4H2,(H2,6,7,8);. The maximum Gasteiger partial charge on any atom is 0.325 e. The second-order valence-corrected chi connectivity index (χ2v) is 3.43. The van der Waals surface area contributed by atoms with Gasteiger partial charge < -0.3 is 9.79 Å². The van der Waals surface area contributed by atoms with Crippen LogP contribution in [0, 0.1) is 11.3 Å². The quantitative estimate of drug-likeness (QED) is 0.555. The third-order valence-electron chi connectivity index (χ3n) is 0.738. The minimum Gasteiger partial charge on any atom is -0.324 e. The van der Waals surface area contributed by atoms with Gasteiger partial charge in [-0.2, -0.15) is 5.26 Å². The van der Waals surface area contributed by atoms with Gasteiger partial charge in [0.2, 0.25) is 0 Å². The van der Waals surface area contributed by atoms with E-state index < -0.39 is 7.60 Å². The Morgan fingerprint density at radius 3 is 2.30 bits per heavy atom. The van der Waals surface area contributed by atoms with Crippen molar-refractivity contribution in [3.8, 4) is 6.07 Å². The van der Waals surface area contributed by atoms with Gasteiger partial charge in [-0.3, -0.25) is 4.57 Å². The van der Waals surface area contributed by atoms with Gasteiger partial charge in [-0.15, -0.1) is 0 Å². The molecule has 10 heavy (non-hydrogen) atoms. The average Bonchev–Trinajstić information content (AvgIpc) is 1.63. The van der Waals surface area contributed by atoms with Gasteiger partial charge in [-0.25, -0.2) is 0 Å². The Labute approximate surface area is 78.5 Å². The fraction of sp³-hybridized carbons (Fsp3) is 0.750. The number of nitriles is 1. The molecule has 0 amide bonds. The minimum absolute atomic E-state index is 0. The van der Waals surface area contributed by atoms with E-state index in [0.29, 0.717) is 0 Å². The van der Waals surface area contributed by atoms with E-state index in [1.165, 1.54) is 0 Å². The molecule has 0 aromatic carbocycles. The number of hydrogen-bond acceptors (Lipinski definition) is 2. The molecule has 2 N–H and O–H groups in total. The van der Waals surface area contributed by atoms with E-state index >= 15 is 0 Å². The van der Waals surface area contributed by atoms with Crippen LogP contribution < -0.4 is 0 Å². The molecule has 0 heterocycles. The summed E-state index contributed by atoms with van der Waals surface area (Å²) in [5, 5.41) is 7.96. The summed E-state index contributed by atoms with van der Waals surface area (Å²) in [6.45, 7) is 0. The molecule has 0 aliphatic carbocycles. The van der Waals surface area contributed by atoms with E-state index in [4.69, 9.17) is 15.0 Å². The first-order valence-electron chi connectivity index (χ1n) is 2.48. The zero-order valence-corrected chi connectivity index (χ0v) is 8.67. The SMILES string of the molecule is N#CCCCP(=O)(O)O.[Zr]. The number of unbranched alkanes of at least 4 members (excludes halogenated alkanes) is 1. The fourth-order valence-corrected chi connectivity index (χ4v) is 0.934. The summed E-state index contributed by atoms with van der Waals surface area (Å²) in [6.07, 6.45) is 0.312. The largest absolute Gasteiger partial charge is 0.325 e. The van der Waals surface area contributed by atoms with Gasteiger partial charge in [0, 0.05) is 32.6 Å². The molecule has 0 aromatic rings. The predicted octanol–water partition coefficient (Wildman–Crippen LogP) is 0.465. The first-order valence-corrected chi connectivity index (χ1v) is 4.27. The van der Waals surface area contributed by atoms with Crippen LogP contribution in [0.2, 0.25) is 0 Å². The molecule has 6 heteroatoms. The van der Waals surface area contributed by atoms with Crippen LogP contribution in [0.15, 0.2) is 0 Å². The second-order valence-electron chi connectivity index (χ2n) is 1.65. The van der Waals surface area contributed by atoms with E-state index in [2.05, 4.69) is 0 Å². The molecule has 0 aliphatic heterocycles. The van der Waals surface area contributed by atoms with E-state index in [1.54, 1.807) is 6.07 Å². The summed E-state index contributed by atoms with van der Waals surface area (Å²) < 4.78 is 10.1. The Kier molecular flexibility index (Phi) is 8.21. The first-order chi connectivity index (χ1) is 4.06. The molecule has 4 nitrogen and oxygen atoms in total. The van der Waals surface area contributed by atoms with E-state index in [-0.39, 0.29) is 45.2 Å². The van der Waals surface area contributed by atoms with Crippen molar-refractivity contribution < 1.29 is 40.6 Å². The van der Waals surface area contributed by atoms with Crippen LogP contribution in [0.1, 0.15) is 12.8 Å². The van der Waals surface area contributed by atoms with Crippen LogP contribution in [-0.2, 0) is 30.8 Å². The topological polar surface area (TPSA) is 81.3 Å². The number of rotatable bonds is 3. The molecule has 0 radical (unpaired) electrons. The summed E-state index contributed by atoms with van der Waals surface area (Å²) in [7, 11) is -3.85. The fourth-order valence-electron chi connectivity index (χ4n) is 0.364. The molecule has 0 saturated heterocycles. The molecule has 0 bridgehead atoms. The third-order valence-corrected chi connectivity index (χ3v) is 1.64. The summed E-state index contributed by atoms with van der Waals surface area (Å²) in [5.74, 6) is 0. The van der Waals surface area contributed by atoms with E-state index in [0.717, 1.165) is 0 Å². The van der Waals surface area contributed by atoms with Crippen LogP contribution in [-0.4, -0.2) is 15.9 Å². The second kappa shape index (κ2) is 6.25. The van der Waals surface area contributed by atoms with Crippen molar-refractivity contribution in [1.29, 1.82) is 5.26 Å². The molecule has 0 fully saturated rings. The zero-order valence-electron chi connectivity index (χ0n) is 5.32. The van der Waals surface area contributed by atoms with Crippen LogP contribution in [0.25, 0.3) is 0 Å². The molecule has 0 aliphatic rings. The van der Waals surface area contributed by atoms with E-state index in [1.807, 2.05) is 0 Å². The molecule has 0 rings (SSSR count). The van der Waals surface area contributed by atoms with Crippen LogP contribution in [0.4, 0.5) is 0 Å².